The van der Waals surface area contributed by atoms with Gasteiger partial charge in [-0.3, -0.25) is 8.42 Å². The van der Waals surface area contributed by atoms with Gasteiger partial charge in [-0.1, -0.05) is 30.3 Å². The fraction of sp³-hybridized carbons (Fsp3) is 0.143. The average Bonchev–Trinajstić information content (AvgIpc) is 2.15. The zero-order valence-corrected chi connectivity index (χ0v) is 8.62. The summed E-state index contributed by atoms with van der Waals surface area (Å²) in [6, 6.07) is 8.46. The van der Waals surface area contributed by atoms with Gasteiger partial charge in [0, 0.05) is 29.1 Å². The van der Waals surface area contributed by atoms with Crippen LogP contribution in [0.25, 0.3) is 0 Å². The highest BCUT2D eigenvalue weighted by molar-refractivity contribution is 7.92. The second-order valence-electron chi connectivity index (χ2n) is 2.41. The second-order valence-corrected chi connectivity index (χ2v) is 4.39. The maximum Gasteiger partial charge on any atom is 0.0479 e. The van der Waals surface area contributed by atoms with E-state index in [1.807, 2.05) is 0 Å². The Kier molecular flexibility index (Phi) is 4.36. The molecule has 7 heteroatoms. The van der Waals surface area contributed by atoms with E-state index in [4.69, 9.17) is 0 Å². The summed E-state index contributed by atoms with van der Waals surface area (Å²) in [5, 5.41) is 0. The van der Waals surface area contributed by atoms with E-state index in [0.29, 0.717) is 9.27 Å². The van der Waals surface area contributed by atoms with Crippen molar-refractivity contribution in [2.24, 2.45) is 0 Å². The lowest BCUT2D eigenvalue weighted by atomic mass is 10.2. The van der Waals surface area contributed by atoms with Gasteiger partial charge in [-0.05, 0) is 5.56 Å². The molecule has 1 rings (SSSR count). The molecule has 0 N–H and O–H groups in total. The first kappa shape index (κ1) is 11.5. The van der Waals surface area contributed by atoms with Gasteiger partial charge in [-0.25, -0.2) is 0 Å². The summed E-state index contributed by atoms with van der Waals surface area (Å²) in [4.78, 5) is 0. The third-order valence-electron chi connectivity index (χ3n) is 1.49. The van der Waals surface area contributed by atoms with Gasteiger partial charge in [0.05, 0.1) is 0 Å². The highest BCUT2D eigenvalue weighted by atomic mass is 32.3. The summed E-state index contributed by atoms with van der Waals surface area (Å²) >= 11 is -5.53. The molecule has 0 radical (unpaired) electrons. The number of benzene rings is 1. The SMILES string of the molecule is O=S([O-])N(Cc1ccccc1)S(=O)[O-]. The van der Waals surface area contributed by atoms with Crippen molar-refractivity contribution < 1.29 is 17.5 Å². The maximum absolute atomic E-state index is 10.5. The molecular weight excluding hydrogens is 226 g/mol. The van der Waals surface area contributed by atoms with Crippen molar-refractivity contribution in [3.8, 4) is 0 Å². The Morgan fingerprint density at radius 1 is 1.07 bits per heavy atom. The quantitative estimate of drug-likeness (QED) is 0.689. The minimum atomic E-state index is -2.76. The molecule has 0 amide bonds. The summed E-state index contributed by atoms with van der Waals surface area (Å²) in [6.07, 6.45) is 0. The van der Waals surface area contributed by atoms with Gasteiger partial charge < -0.3 is 9.11 Å². The molecule has 14 heavy (non-hydrogen) atoms. The lowest BCUT2D eigenvalue weighted by molar-refractivity contribution is 0.441. The zero-order chi connectivity index (χ0) is 10.6. The van der Waals surface area contributed by atoms with Crippen molar-refractivity contribution >= 4 is 22.5 Å². The Hall–Kier alpha value is -0.600. The highest BCUT2D eigenvalue weighted by Gasteiger charge is 2.05. The molecule has 0 saturated heterocycles. The Balaban J connectivity index is 2.75. The van der Waals surface area contributed by atoms with E-state index >= 15 is 0 Å². The van der Waals surface area contributed by atoms with Crippen LogP contribution < -0.4 is 0 Å². The first-order valence-electron chi connectivity index (χ1n) is 3.61. The van der Waals surface area contributed by atoms with Crippen molar-refractivity contribution in [1.29, 1.82) is 0 Å². The summed E-state index contributed by atoms with van der Waals surface area (Å²) in [5.74, 6) is 0. The lowest BCUT2D eigenvalue weighted by Crippen LogP contribution is -2.27. The molecule has 5 nitrogen and oxygen atoms in total. The molecule has 1 aromatic carbocycles. The van der Waals surface area contributed by atoms with Crippen molar-refractivity contribution in [3.05, 3.63) is 35.9 Å². The van der Waals surface area contributed by atoms with Crippen LogP contribution in [0.3, 0.4) is 0 Å². The van der Waals surface area contributed by atoms with Crippen molar-refractivity contribution in [2.75, 3.05) is 0 Å². The largest absolute Gasteiger partial charge is 0.759 e. The molecule has 0 bridgehead atoms. The Morgan fingerprint density at radius 3 is 2.00 bits per heavy atom. The van der Waals surface area contributed by atoms with E-state index in [9.17, 15) is 17.5 Å². The van der Waals surface area contributed by atoms with Gasteiger partial charge in [-0.2, -0.15) is 3.71 Å². The van der Waals surface area contributed by atoms with Crippen LogP contribution in [0, 0.1) is 0 Å². The van der Waals surface area contributed by atoms with E-state index in [1.54, 1.807) is 30.3 Å². The summed E-state index contributed by atoms with van der Waals surface area (Å²) < 4.78 is 42.2. The molecule has 2 unspecified atom stereocenters. The van der Waals surface area contributed by atoms with Crippen LogP contribution >= 0.6 is 0 Å². The molecular formula is C7H7NO4S2-2. The molecule has 0 aliphatic heterocycles. The third kappa shape index (κ3) is 3.28. The van der Waals surface area contributed by atoms with Crippen LogP contribution in [-0.2, 0) is 29.1 Å². The predicted molar refractivity (Wildman–Crippen MR) is 49.8 cm³/mol. The molecule has 0 aliphatic rings. The van der Waals surface area contributed by atoms with Crippen molar-refractivity contribution in [2.45, 2.75) is 6.54 Å². The summed E-state index contributed by atoms with van der Waals surface area (Å²) in [6.45, 7) is -0.174. The molecule has 0 fully saturated rings. The monoisotopic (exact) mass is 233 g/mol. The summed E-state index contributed by atoms with van der Waals surface area (Å²) in [5.41, 5.74) is 0.612. The van der Waals surface area contributed by atoms with Crippen LogP contribution in [0.4, 0.5) is 0 Å². The van der Waals surface area contributed by atoms with Gasteiger partial charge in [0.15, 0.2) is 0 Å². The number of hydrogen-bond acceptors (Lipinski definition) is 4. The van der Waals surface area contributed by atoms with Gasteiger partial charge in [0.1, 0.15) is 0 Å². The van der Waals surface area contributed by atoms with E-state index in [2.05, 4.69) is 0 Å². The Morgan fingerprint density at radius 2 is 1.57 bits per heavy atom. The Bertz CT molecular complexity index is 329. The van der Waals surface area contributed by atoms with Gasteiger partial charge in [0.25, 0.3) is 0 Å². The number of hydrogen-bond donors (Lipinski definition) is 0. The first-order valence-corrected chi connectivity index (χ1v) is 5.68. The molecule has 0 spiro atoms. The van der Waals surface area contributed by atoms with Crippen molar-refractivity contribution in [1.82, 2.24) is 3.71 Å². The predicted octanol–water partition coefficient (Wildman–Crippen LogP) is 0.0768. The second kappa shape index (κ2) is 5.32. The average molecular weight is 233 g/mol. The van der Waals surface area contributed by atoms with Gasteiger partial charge in [-0.15, -0.1) is 0 Å². The van der Waals surface area contributed by atoms with E-state index in [-0.39, 0.29) is 6.54 Å². The lowest BCUT2D eigenvalue weighted by Gasteiger charge is -2.25. The zero-order valence-electron chi connectivity index (χ0n) is 6.99. The normalized spacial score (nSPS) is 15.4. The van der Waals surface area contributed by atoms with Crippen LogP contribution in [0.1, 0.15) is 5.56 Å². The van der Waals surface area contributed by atoms with Gasteiger partial charge in [0.2, 0.25) is 0 Å². The van der Waals surface area contributed by atoms with Crippen LogP contribution in [0.15, 0.2) is 30.3 Å². The summed E-state index contributed by atoms with van der Waals surface area (Å²) in [7, 11) is 0. The maximum atomic E-state index is 10.5. The minimum Gasteiger partial charge on any atom is -0.759 e. The van der Waals surface area contributed by atoms with Crippen LogP contribution in [-0.4, -0.2) is 21.2 Å². The number of nitrogens with zero attached hydrogens (tertiary/aromatic N) is 1. The first-order chi connectivity index (χ1) is 6.61. The molecule has 2 atom stereocenters. The fourth-order valence-electron chi connectivity index (χ4n) is 0.888. The van der Waals surface area contributed by atoms with E-state index in [0.717, 1.165) is 0 Å². The molecule has 0 saturated carbocycles. The van der Waals surface area contributed by atoms with Crippen LogP contribution in [0.2, 0.25) is 0 Å². The minimum absolute atomic E-state index is 0.174. The topological polar surface area (TPSA) is 83.5 Å². The van der Waals surface area contributed by atoms with E-state index < -0.39 is 22.5 Å². The Labute approximate surface area is 86.6 Å². The van der Waals surface area contributed by atoms with Crippen molar-refractivity contribution in [3.63, 3.8) is 0 Å². The third-order valence-corrected chi connectivity index (χ3v) is 3.14. The fourth-order valence-corrected chi connectivity index (χ4v) is 1.79. The number of rotatable bonds is 4. The van der Waals surface area contributed by atoms with E-state index in [1.165, 1.54) is 0 Å². The smallest absolute Gasteiger partial charge is 0.0479 e. The molecule has 1 aromatic rings. The molecule has 0 aliphatic carbocycles. The molecule has 78 valence electrons. The molecule has 0 aromatic heterocycles. The van der Waals surface area contributed by atoms with Gasteiger partial charge >= 0.3 is 0 Å². The standard InChI is InChI=1S/C7H9NO4S2/c9-13(10)8(14(11)12)6-7-4-2-1-3-5-7/h1-5H,6H2,(H,9,10)(H,11,12)/p-2. The van der Waals surface area contributed by atoms with Crippen LogP contribution in [0.5, 0.6) is 0 Å². The highest BCUT2D eigenvalue weighted by Crippen LogP contribution is 2.06. The molecule has 0 heterocycles.